The lowest BCUT2D eigenvalue weighted by Gasteiger charge is -2.23. The van der Waals surface area contributed by atoms with Crippen molar-refractivity contribution in [1.29, 1.82) is 0 Å². The summed E-state index contributed by atoms with van der Waals surface area (Å²) in [5, 5.41) is 9.72. The zero-order valence-corrected chi connectivity index (χ0v) is 11.1. The molecule has 1 atom stereocenters. The van der Waals surface area contributed by atoms with E-state index in [0.717, 1.165) is 12.8 Å². The van der Waals surface area contributed by atoms with Gasteiger partial charge in [-0.1, -0.05) is 37.6 Å². The number of benzene rings is 1. The van der Waals surface area contributed by atoms with Crippen LogP contribution in [0.15, 0.2) is 24.3 Å². The average molecular weight is 296 g/mol. The summed E-state index contributed by atoms with van der Waals surface area (Å²) in [6, 6.07) is 6.21. The molecule has 0 radical (unpaired) electrons. The molecule has 0 saturated heterocycles. The molecule has 0 fully saturated rings. The number of rotatable bonds is 6. The van der Waals surface area contributed by atoms with Crippen LogP contribution in [0.1, 0.15) is 43.4 Å². The van der Waals surface area contributed by atoms with Crippen molar-refractivity contribution in [2.24, 2.45) is 0 Å². The summed E-state index contributed by atoms with van der Waals surface area (Å²) in [6.07, 6.45) is -6.95. The highest BCUT2D eigenvalue weighted by molar-refractivity contribution is 5.29. The number of aliphatic hydroxyl groups is 1. The predicted molar refractivity (Wildman–Crippen MR) is 65.6 cm³/mol. The van der Waals surface area contributed by atoms with Gasteiger partial charge in [-0.25, -0.2) is 0 Å². The first-order chi connectivity index (χ1) is 9.19. The van der Waals surface area contributed by atoms with E-state index in [1.165, 1.54) is 12.1 Å². The van der Waals surface area contributed by atoms with Gasteiger partial charge in [0.1, 0.15) is 0 Å². The molecule has 1 rings (SSSR count). The molecule has 1 aromatic carbocycles. The van der Waals surface area contributed by atoms with Crippen molar-refractivity contribution in [2.45, 2.75) is 50.8 Å². The minimum absolute atomic E-state index is 0.143. The van der Waals surface area contributed by atoms with Gasteiger partial charge in [-0.15, -0.1) is 0 Å². The summed E-state index contributed by atoms with van der Waals surface area (Å²) in [6.45, 7) is 1.94. The Kier molecular flexibility index (Phi) is 5.50. The molecule has 0 heterocycles. The van der Waals surface area contributed by atoms with Crippen LogP contribution < -0.4 is 0 Å². The molecule has 6 heteroatoms. The fraction of sp³-hybridized carbons (Fsp3) is 0.571. The minimum atomic E-state index is -5.65. The van der Waals surface area contributed by atoms with Crippen molar-refractivity contribution >= 4 is 0 Å². The van der Waals surface area contributed by atoms with E-state index in [9.17, 15) is 27.1 Å². The fourth-order valence-electron chi connectivity index (χ4n) is 1.92. The summed E-state index contributed by atoms with van der Waals surface area (Å²) >= 11 is 0. The van der Waals surface area contributed by atoms with Crippen molar-refractivity contribution in [1.82, 2.24) is 0 Å². The SMILES string of the molecule is CCCCc1ccccc1C(O)CC(F)(F)C(F)(F)F. The number of hydrogen-bond acceptors (Lipinski definition) is 1. The lowest BCUT2D eigenvalue weighted by atomic mass is 9.95. The number of aryl methyl sites for hydroxylation is 1. The highest BCUT2D eigenvalue weighted by Gasteiger charge is 2.58. The molecule has 1 aromatic rings. The van der Waals surface area contributed by atoms with E-state index in [0.29, 0.717) is 12.0 Å². The lowest BCUT2D eigenvalue weighted by molar-refractivity contribution is -0.290. The van der Waals surface area contributed by atoms with Gasteiger partial charge in [0.15, 0.2) is 0 Å². The Hall–Kier alpha value is -1.17. The molecule has 1 nitrogen and oxygen atoms in total. The number of aliphatic hydroxyl groups excluding tert-OH is 1. The quantitative estimate of drug-likeness (QED) is 0.758. The van der Waals surface area contributed by atoms with Crippen molar-refractivity contribution in [3.8, 4) is 0 Å². The Balaban J connectivity index is 2.90. The smallest absolute Gasteiger partial charge is 0.388 e. The third kappa shape index (κ3) is 4.16. The molecular weight excluding hydrogens is 279 g/mol. The van der Waals surface area contributed by atoms with E-state index < -0.39 is 24.6 Å². The third-order valence-electron chi connectivity index (χ3n) is 3.08. The molecule has 0 aliphatic carbocycles. The van der Waals surface area contributed by atoms with E-state index in [1.54, 1.807) is 12.1 Å². The summed E-state index contributed by atoms with van der Waals surface area (Å²) in [7, 11) is 0. The Labute approximate surface area is 114 Å². The summed E-state index contributed by atoms with van der Waals surface area (Å²) in [4.78, 5) is 0. The first-order valence-corrected chi connectivity index (χ1v) is 6.39. The lowest BCUT2D eigenvalue weighted by Crippen LogP contribution is -2.37. The van der Waals surface area contributed by atoms with Gasteiger partial charge in [0, 0.05) is 0 Å². The summed E-state index contributed by atoms with van der Waals surface area (Å²) in [5.41, 5.74) is 0.754. The molecule has 20 heavy (non-hydrogen) atoms. The first-order valence-electron chi connectivity index (χ1n) is 6.39. The fourth-order valence-corrected chi connectivity index (χ4v) is 1.92. The molecule has 0 amide bonds. The van der Waals surface area contributed by atoms with Gasteiger partial charge in [-0.05, 0) is 24.0 Å². The van der Waals surface area contributed by atoms with Crippen LogP contribution in [0.4, 0.5) is 22.0 Å². The van der Waals surface area contributed by atoms with E-state index in [-0.39, 0.29) is 5.56 Å². The Morgan fingerprint density at radius 2 is 1.70 bits per heavy atom. The molecule has 0 aromatic heterocycles. The molecule has 0 saturated carbocycles. The largest absolute Gasteiger partial charge is 0.453 e. The normalized spacial score (nSPS) is 14.3. The molecule has 114 valence electrons. The van der Waals surface area contributed by atoms with Gasteiger partial charge in [0.05, 0.1) is 12.5 Å². The van der Waals surface area contributed by atoms with E-state index in [4.69, 9.17) is 0 Å². The van der Waals surface area contributed by atoms with Gasteiger partial charge in [-0.2, -0.15) is 22.0 Å². The van der Waals surface area contributed by atoms with Gasteiger partial charge in [0.25, 0.3) is 0 Å². The van der Waals surface area contributed by atoms with Crippen LogP contribution in [0.25, 0.3) is 0 Å². The number of halogens is 5. The van der Waals surface area contributed by atoms with Crippen LogP contribution in [0.5, 0.6) is 0 Å². The molecular formula is C14H17F5O. The monoisotopic (exact) mass is 296 g/mol. The highest BCUT2D eigenvalue weighted by Crippen LogP contribution is 2.42. The molecule has 0 spiro atoms. The van der Waals surface area contributed by atoms with Crippen LogP contribution >= 0.6 is 0 Å². The first kappa shape index (κ1) is 16.9. The van der Waals surface area contributed by atoms with Crippen LogP contribution in [0.3, 0.4) is 0 Å². The van der Waals surface area contributed by atoms with Crippen LogP contribution in [0.2, 0.25) is 0 Å². The van der Waals surface area contributed by atoms with Gasteiger partial charge < -0.3 is 5.11 Å². The van der Waals surface area contributed by atoms with Gasteiger partial charge >= 0.3 is 12.1 Å². The maximum Gasteiger partial charge on any atom is 0.453 e. The molecule has 0 aliphatic rings. The van der Waals surface area contributed by atoms with E-state index in [1.807, 2.05) is 6.92 Å². The zero-order valence-electron chi connectivity index (χ0n) is 11.1. The van der Waals surface area contributed by atoms with Crippen LogP contribution in [0, 0.1) is 0 Å². The Morgan fingerprint density at radius 3 is 2.25 bits per heavy atom. The number of hydrogen-bond donors (Lipinski definition) is 1. The van der Waals surface area contributed by atoms with E-state index in [2.05, 4.69) is 0 Å². The van der Waals surface area contributed by atoms with E-state index >= 15 is 0 Å². The van der Waals surface area contributed by atoms with Gasteiger partial charge in [0.2, 0.25) is 0 Å². The highest BCUT2D eigenvalue weighted by atomic mass is 19.4. The molecule has 0 bridgehead atoms. The van der Waals surface area contributed by atoms with Crippen molar-refractivity contribution in [2.75, 3.05) is 0 Å². The second kappa shape index (κ2) is 6.52. The predicted octanol–water partition coefficient (Wildman–Crippen LogP) is 4.65. The Bertz CT molecular complexity index is 428. The second-order valence-corrected chi connectivity index (χ2v) is 4.72. The number of alkyl halides is 5. The second-order valence-electron chi connectivity index (χ2n) is 4.72. The maximum absolute atomic E-state index is 13.0. The van der Waals surface area contributed by atoms with Crippen LogP contribution in [-0.2, 0) is 6.42 Å². The summed E-state index contributed by atoms with van der Waals surface area (Å²) in [5.74, 6) is -4.90. The number of unbranched alkanes of at least 4 members (excludes halogenated alkanes) is 1. The molecule has 0 aliphatic heterocycles. The zero-order chi connectivity index (χ0) is 15.4. The summed E-state index contributed by atoms with van der Waals surface area (Å²) < 4.78 is 62.4. The Morgan fingerprint density at radius 1 is 1.10 bits per heavy atom. The van der Waals surface area contributed by atoms with Crippen molar-refractivity contribution in [3.05, 3.63) is 35.4 Å². The minimum Gasteiger partial charge on any atom is -0.388 e. The standard InChI is InChI=1S/C14H17F5O/c1-2-3-6-10-7-4-5-8-11(10)12(20)9-13(15,16)14(17,18)19/h4-5,7-8,12,20H,2-3,6,9H2,1H3. The van der Waals surface area contributed by atoms with Gasteiger partial charge in [-0.3, -0.25) is 0 Å². The maximum atomic E-state index is 13.0. The molecule has 1 N–H and O–H groups in total. The topological polar surface area (TPSA) is 20.2 Å². The van der Waals surface area contributed by atoms with Crippen molar-refractivity contribution in [3.63, 3.8) is 0 Å². The van der Waals surface area contributed by atoms with Crippen molar-refractivity contribution < 1.29 is 27.1 Å². The molecule has 1 unspecified atom stereocenters. The third-order valence-corrected chi connectivity index (χ3v) is 3.08. The van der Waals surface area contributed by atoms with Crippen LogP contribution in [-0.4, -0.2) is 17.2 Å². The average Bonchev–Trinajstić information content (AvgIpc) is 2.34.